The zero-order valence-corrected chi connectivity index (χ0v) is 8.31. The number of H-pyrrole nitrogens is 1. The van der Waals surface area contributed by atoms with Crippen LogP contribution in [0.25, 0.3) is 0 Å². The number of hydrogen-bond donors (Lipinski definition) is 2. The molecule has 3 N–H and O–H groups in total. The number of ether oxygens (including phenoxy) is 1. The molecule has 0 spiro atoms. The molecule has 0 radical (unpaired) electrons. The van der Waals surface area contributed by atoms with Crippen molar-refractivity contribution in [2.45, 2.75) is 13.2 Å². The molecule has 0 bridgehead atoms. The number of imidazole rings is 1. The van der Waals surface area contributed by atoms with E-state index >= 15 is 0 Å². The van der Waals surface area contributed by atoms with Gasteiger partial charge in [-0.05, 0) is 17.7 Å². The lowest BCUT2D eigenvalue weighted by molar-refractivity contribution is 0.302. The van der Waals surface area contributed by atoms with Gasteiger partial charge in [0.2, 0.25) is 0 Å². The van der Waals surface area contributed by atoms with Gasteiger partial charge in [0.1, 0.15) is 12.4 Å². The van der Waals surface area contributed by atoms with Crippen LogP contribution in [0, 0.1) is 0 Å². The van der Waals surface area contributed by atoms with Crippen LogP contribution >= 0.6 is 0 Å². The van der Waals surface area contributed by atoms with Crippen molar-refractivity contribution in [1.82, 2.24) is 9.97 Å². The summed E-state index contributed by atoms with van der Waals surface area (Å²) in [6.45, 7) is 1.06. The normalized spacial score (nSPS) is 10.2. The standard InChI is InChI=1S/C11H13N3O/c12-5-9-1-3-11(4-2-9)15-7-10-6-13-8-14-10/h1-4,6,8H,5,7,12H2,(H,13,14). The number of rotatable bonds is 4. The van der Waals surface area contributed by atoms with E-state index in [0.29, 0.717) is 13.2 Å². The van der Waals surface area contributed by atoms with Crippen LogP contribution in [-0.4, -0.2) is 9.97 Å². The van der Waals surface area contributed by atoms with Crippen LogP contribution in [0.4, 0.5) is 0 Å². The first kappa shape index (κ1) is 9.73. The Morgan fingerprint density at radius 2 is 2.07 bits per heavy atom. The molecule has 4 nitrogen and oxygen atoms in total. The summed E-state index contributed by atoms with van der Waals surface area (Å²) < 4.78 is 5.54. The van der Waals surface area contributed by atoms with E-state index in [-0.39, 0.29) is 0 Å². The highest BCUT2D eigenvalue weighted by Gasteiger charge is 1.96. The van der Waals surface area contributed by atoms with E-state index in [9.17, 15) is 0 Å². The van der Waals surface area contributed by atoms with Crippen LogP contribution in [0.1, 0.15) is 11.3 Å². The summed E-state index contributed by atoms with van der Waals surface area (Å²) in [5.74, 6) is 0.835. The molecule has 4 heteroatoms. The fourth-order valence-electron chi connectivity index (χ4n) is 1.25. The summed E-state index contributed by atoms with van der Waals surface area (Å²) in [7, 11) is 0. The SMILES string of the molecule is NCc1ccc(OCc2cnc[nH]2)cc1. The third-order valence-corrected chi connectivity index (χ3v) is 2.11. The van der Waals surface area contributed by atoms with E-state index in [1.807, 2.05) is 24.3 Å². The van der Waals surface area contributed by atoms with Crippen LogP contribution in [-0.2, 0) is 13.2 Å². The van der Waals surface area contributed by atoms with Gasteiger partial charge in [0.15, 0.2) is 0 Å². The summed E-state index contributed by atoms with van der Waals surface area (Å²) >= 11 is 0. The highest BCUT2D eigenvalue weighted by Crippen LogP contribution is 2.13. The topological polar surface area (TPSA) is 63.9 Å². The van der Waals surface area contributed by atoms with Crippen LogP contribution in [0.3, 0.4) is 0 Å². The Kier molecular flexibility index (Phi) is 2.99. The van der Waals surface area contributed by atoms with Gasteiger partial charge >= 0.3 is 0 Å². The smallest absolute Gasteiger partial charge is 0.130 e. The minimum atomic E-state index is 0.502. The molecule has 0 unspecified atom stereocenters. The second-order valence-corrected chi connectivity index (χ2v) is 3.21. The van der Waals surface area contributed by atoms with Gasteiger partial charge in [0, 0.05) is 6.54 Å². The molecule has 0 saturated carbocycles. The predicted molar refractivity (Wildman–Crippen MR) is 57.3 cm³/mol. The molecule has 15 heavy (non-hydrogen) atoms. The molecule has 0 aliphatic rings. The molecule has 0 aliphatic heterocycles. The maximum atomic E-state index is 5.54. The number of nitrogens with two attached hydrogens (primary N) is 1. The summed E-state index contributed by atoms with van der Waals surface area (Å²) in [5.41, 5.74) is 7.55. The number of benzene rings is 1. The van der Waals surface area contributed by atoms with Crippen molar-refractivity contribution in [3.8, 4) is 5.75 Å². The van der Waals surface area contributed by atoms with E-state index in [2.05, 4.69) is 9.97 Å². The lowest BCUT2D eigenvalue weighted by Crippen LogP contribution is -1.97. The molecule has 2 rings (SSSR count). The van der Waals surface area contributed by atoms with Crippen molar-refractivity contribution in [2.75, 3.05) is 0 Å². The zero-order chi connectivity index (χ0) is 10.5. The Bertz CT molecular complexity index is 394. The number of hydrogen-bond acceptors (Lipinski definition) is 3. The fraction of sp³-hybridized carbons (Fsp3) is 0.182. The van der Waals surface area contributed by atoms with Gasteiger partial charge in [-0.25, -0.2) is 4.98 Å². The minimum Gasteiger partial charge on any atom is -0.487 e. The van der Waals surface area contributed by atoms with Crippen molar-refractivity contribution < 1.29 is 4.74 Å². The predicted octanol–water partition coefficient (Wildman–Crippen LogP) is 1.45. The molecule has 0 fully saturated rings. The van der Waals surface area contributed by atoms with Crippen molar-refractivity contribution in [3.63, 3.8) is 0 Å². The Balaban J connectivity index is 1.93. The Labute approximate surface area is 88.1 Å². The van der Waals surface area contributed by atoms with E-state index in [4.69, 9.17) is 10.5 Å². The van der Waals surface area contributed by atoms with E-state index in [1.54, 1.807) is 12.5 Å². The van der Waals surface area contributed by atoms with Gasteiger partial charge in [0.05, 0.1) is 18.2 Å². The maximum Gasteiger partial charge on any atom is 0.130 e. The van der Waals surface area contributed by atoms with Crippen molar-refractivity contribution >= 4 is 0 Å². The highest BCUT2D eigenvalue weighted by molar-refractivity contribution is 5.27. The van der Waals surface area contributed by atoms with Crippen molar-refractivity contribution in [1.29, 1.82) is 0 Å². The molecular formula is C11H13N3O. The Morgan fingerprint density at radius 1 is 1.27 bits per heavy atom. The van der Waals surface area contributed by atoms with Crippen LogP contribution < -0.4 is 10.5 Å². The average molecular weight is 203 g/mol. The first-order valence-electron chi connectivity index (χ1n) is 4.77. The van der Waals surface area contributed by atoms with Gasteiger partial charge < -0.3 is 15.5 Å². The quantitative estimate of drug-likeness (QED) is 0.790. The summed E-state index contributed by atoms with van der Waals surface area (Å²) in [4.78, 5) is 6.88. The molecular weight excluding hydrogens is 190 g/mol. The van der Waals surface area contributed by atoms with Gasteiger partial charge in [-0.1, -0.05) is 12.1 Å². The van der Waals surface area contributed by atoms with Crippen LogP contribution in [0.2, 0.25) is 0 Å². The summed E-state index contributed by atoms with van der Waals surface area (Å²) in [6, 6.07) is 7.75. The number of aromatic nitrogens is 2. The van der Waals surface area contributed by atoms with Gasteiger partial charge in [-0.3, -0.25) is 0 Å². The first-order valence-corrected chi connectivity index (χ1v) is 4.77. The molecule has 0 saturated heterocycles. The van der Waals surface area contributed by atoms with Crippen molar-refractivity contribution in [3.05, 3.63) is 48.0 Å². The molecule has 0 atom stereocenters. The summed E-state index contributed by atoms with van der Waals surface area (Å²) in [6.07, 6.45) is 3.38. The Hall–Kier alpha value is -1.81. The zero-order valence-electron chi connectivity index (χ0n) is 8.31. The monoisotopic (exact) mass is 203 g/mol. The number of aromatic amines is 1. The third kappa shape index (κ3) is 2.57. The number of nitrogens with zero attached hydrogens (tertiary/aromatic N) is 1. The molecule has 1 heterocycles. The Morgan fingerprint density at radius 3 is 2.67 bits per heavy atom. The fourth-order valence-corrected chi connectivity index (χ4v) is 1.25. The summed E-state index contributed by atoms with van der Waals surface area (Å²) in [5, 5.41) is 0. The third-order valence-electron chi connectivity index (χ3n) is 2.11. The molecule has 1 aromatic carbocycles. The van der Waals surface area contributed by atoms with Crippen LogP contribution in [0.5, 0.6) is 5.75 Å². The minimum absolute atomic E-state index is 0.502. The maximum absolute atomic E-state index is 5.54. The second kappa shape index (κ2) is 4.61. The molecule has 1 aromatic heterocycles. The van der Waals surface area contributed by atoms with Gasteiger partial charge in [0.25, 0.3) is 0 Å². The van der Waals surface area contributed by atoms with E-state index < -0.39 is 0 Å². The lowest BCUT2D eigenvalue weighted by Gasteiger charge is -2.04. The van der Waals surface area contributed by atoms with E-state index in [0.717, 1.165) is 17.0 Å². The number of nitrogens with one attached hydrogen (secondary N) is 1. The second-order valence-electron chi connectivity index (χ2n) is 3.21. The molecule has 2 aromatic rings. The molecule has 78 valence electrons. The molecule has 0 aliphatic carbocycles. The lowest BCUT2D eigenvalue weighted by atomic mass is 10.2. The molecule has 0 amide bonds. The average Bonchev–Trinajstić information content (AvgIpc) is 2.80. The van der Waals surface area contributed by atoms with Gasteiger partial charge in [-0.2, -0.15) is 0 Å². The highest BCUT2D eigenvalue weighted by atomic mass is 16.5. The first-order chi connectivity index (χ1) is 7.38. The largest absolute Gasteiger partial charge is 0.487 e. The van der Waals surface area contributed by atoms with Crippen molar-refractivity contribution in [2.24, 2.45) is 5.73 Å². The van der Waals surface area contributed by atoms with Gasteiger partial charge in [-0.15, -0.1) is 0 Å². The van der Waals surface area contributed by atoms with Crippen LogP contribution in [0.15, 0.2) is 36.8 Å². The van der Waals surface area contributed by atoms with E-state index in [1.165, 1.54) is 0 Å².